The molecule has 0 aliphatic carbocycles. The van der Waals surface area contributed by atoms with E-state index in [0.717, 1.165) is 32.0 Å². The largest absolute Gasteiger partial charge is 0.334 e. The van der Waals surface area contributed by atoms with E-state index in [2.05, 4.69) is 34.2 Å². The molecule has 0 N–H and O–H groups in total. The second-order valence-electron chi connectivity index (χ2n) is 5.69. The molecule has 0 spiro atoms. The average molecular weight is 295 g/mol. The first-order valence-corrected chi connectivity index (χ1v) is 7.73. The molecule has 2 aliphatic heterocycles. The number of hydrogen-bond donors (Lipinski definition) is 0. The Balaban J connectivity index is 1.67. The zero-order valence-electron chi connectivity index (χ0n) is 12.3. The molecule has 2 heterocycles. The molecular formula is C18H18FN3. The van der Waals surface area contributed by atoms with Crippen molar-refractivity contribution in [1.82, 2.24) is 4.90 Å². The van der Waals surface area contributed by atoms with Gasteiger partial charge in [-0.3, -0.25) is 4.99 Å². The van der Waals surface area contributed by atoms with Gasteiger partial charge in [-0.25, -0.2) is 4.39 Å². The number of fused-ring (bicyclic) bond motifs is 1. The molecule has 2 aliphatic rings. The molecule has 22 heavy (non-hydrogen) atoms. The van der Waals surface area contributed by atoms with Gasteiger partial charge in [0.05, 0.1) is 18.3 Å². The second-order valence-corrected chi connectivity index (χ2v) is 5.69. The first kappa shape index (κ1) is 13.3. The van der Waals surface area contributed by atoms with Gasteiger partial charge < -0.3 is 9.80 Å². The highest BCUT2D eigenvalue weighted by Gasteiger charge is 2.36. The van der Waals surface area contributed by atoms with Crippen LogP contribution in [0, 0.1) is 5.82 Å². The molecule has 112 valence electrons. The number of para-hydroxylation sites is 1. The second kappa shape index (κ2) is 5.44. The number of guanidine groups is 1. The Kier molecular flexibility index (Phi) is 3.29. The first-order chi connectivity index (χ1) is 10.8. The number of nitrogens with zero attached hydrogens (tertiary/aromatic N) is 3. The highest BCUT2D eigenvalue weighted by molar-refractivity contribution is 5.98. The van der Waals surface area contributed by atoms with E-state index in [9.17, 15) is 4.39 Å². The summed E-state index contributed by atoms with van der Waals surface area (Å²) in [4.78, 5) is 8.96. The van der Waals surface area contributed by atoms with Crippen LogP contribution < -0.4 is 4.90 Å². The predicted molar refractivity (Wildman–Crippen MR) is 86.6 cm³/mol. The molecule has 4 heteroatoms. The van der Waals surface area contributed by atoms with Crippen LogP contribution in [0.2, 0.25) is 0 Å². The molecule has 2 aromatic carbocycles. The summed E-state index contributed by atoms with van der Waals surface area (Å²) < 4.78 is 14.1. The van der Waals surface area contributed by atoms with E-state index in [0.29, 0.717) is 11.7 Å². The normalized spacial score (nSPS) is 20.8. The summed E-state index contributed by atoms with van der Waals surface area (Å²) in [7, 11) is 0. The number of halogens is 1. The lowest BCUT2D eigenvalue weighted by Crippen LogP contribution is -2.50. The third-order valence-electron chi connectivity index (χ3n) is 4.42. The summed E-state index contributed by atoms with van der Waals surface area (Å²) in [5, 5.41) is 0. The lowest BCUT2D eigenvalue weighted by atomic mass is 9.99. The Labute approximate surface area is 129 Å². The summed E-state index contributed by atoms with van der Waals surface area (Å²) >= 11 is 0. The van der Waals surface area contributed by atoms with Crippen molar-refractivity contribution in [1.29, 1.82) is 0 Å². The maximum absolute atomic E-state index is 14.1. The van der Waals surface area contributed by atoms with E-state index in [1.165, 1.54) is 11.6 Å². The summed E-state index contributed by atoms with van der Waals surface area (Å²) in [6.07, 6.45) is 0.970. The monoisotopic (exact) mass is 295 g/mol. The van der Waals surface area contributed by atoms with Gasteiger partial charge >= 0.3 is 0 Å². The van der Waals surface area contributed by atoms with Crippen molar-refractivity contribution in [3.8, 4) is 0 Å². The van der Waals surface area contributed by atoms with Crippen molar-refractivity contribution in [3.05, 3.63) is 66.0 Å². The lowest BCUT2D eigenvalue weighted by Gasteiger charge is -2.42. The molecule has 0 aromatic heterocycles. The minimum Gasteiger partial charge on any atom is -0.334 e. The summed E-state index contributed by atoms with van der Waals surface area (Å²) in [5.74, 6) is 0.723. The topological polar surface area (TPSA) is 18.8 Å². The molecule has 0 amide bonds. The molecular weight excluding hydrogens is 277 g/mol. The maximum Gasteiger partial charge on any atom is 0.201 e. The van der Waals surface area contributed by atoms with Crippen LogP contribution in [-0.2, 0) is 0 Å². The van der Waals surface area contributed by atoms with Gasteiger partial charge in [-0.1, -0.05) is 42.5 Å². The smallest absolute Gasteiger partial charge is 0.201 e. The minimum atomic E-state index is -0.185. The highest BCUT2D eigenvalue weighted by Crippen LogP contribution is 2.34. The molecule has 1 saturated heterocycles. The molecule has 1 atom stereocenters. The molecule has 0 radical (unpaired) electrons. The molecule has 2 aromatic rings. The summed E-state index contributed by atoms with van der Waals surface area (Å²) in [6.45, 7) is 2.47. The Morgan fingerprint density at radius 1 is 0.955 bits per heavy atom. The van der Waals surface area contributed by atoms with Gasteiger partial charge in [0.1, 0.15) is 5.82 Å². The van der Waals surface area contributed by atoms with Gasteiger partial charge in [0.2, 0.25) is 5.96 Å². The number of aliphatic imine (C=N–C) groups is 1. The Morgan fingerprint density at radius 3 is 2.55 bits per heavy atom. The quantitative estimate of drug-likeness (QED) is 0.845. The van der Waals surface area contributed by atoms with Crippen LogP contribution >= 0.6 is 0 Å². The third kappa shape index (κ3) is 2.15. The molecule has 0 saturated carbocycles. The SMILES string of the molecule is Fc1ccccc1N1CCC(c2ccccc2)N2CCN=C12. The van der Waals surface area contributed by atoms with Crippen LogP contribution in [0.3, 0.4) is 0 Å². The fourth-order valence-electron chi connectivity index (χ4n) is 3.41. The summed E-state index contributed by atoms with van der Waals surface area (Å²) in [6, 6.07) is 17.8. The van der Waals surface area contributed by atoms with Crippen molar-refractivity contribution in [2.75, 3.05) is 24.5 Å². The van der Waals surface area contributed by atoms with Gasteiger partial charge in [-0.05, 0) is 24.1 Å². The predicted octanol–water partition coefficient (Wildman–Crippen LogP) is 3.45. The van der Waals surface area contributed by atoms with E-state index in [4.69, 9.17) is 0 Å². The lowest BCUT2D eigenvalue weighted by molar-refractivity contribution is 0.302. The van der Waals surface area contributed by atoms with E-state index in [-0.39, 0.29) is 5.82 Å². The zero-order chi connectivity index (χ0) is 14.9. The van der Waals surface area contributed by atoms with Crippen molar-refractivity contribution in [3.63, 3.8) is 0 Å². The van der Waals surface area contributed by atoms with Crippen LogP contribution in [0.25, 0.3) is 0 Å². The molecule has 4 rings (SSSR count). The Bertz CT molecular complexity index is 698. The van der Waals surface area contributed by atoms with Gasteiger partial charge in [0.15, 0.2) is 0 Å². The molecule has 1 fully saturated rings. The van der Waals surface area contributed by atoms with Crippen LogP contribution in [0.4, 0.5) is 10.1 Å². The van der Waals surface area contributed by atoms with Gasteiger partial charge in [0.25, 0.3) is 0 Å². The van der Waals surface area contributed by atoms with Crippen LogP contribution in [-0.4, -0.2) is 30.5 Å². The first-order valence-electron chi connectivity index (χ1n) is 7.73. The fraction of sp³-hybridized carbons (Fsp3) is 0.278. The van der Waals surface area contributed by atoms with Crippen molar-refractivity contribution >= 4 is 11.6 Å². The standard InChI is InChI=1S/C18H18FN3/c19-15-8-4-5-9-17(15)21-12-10-16(14-6-2-1-3-7-14)22-13-11-20-18(21)22/h1-9,16H,10-13H2. The fourth-order valence-corrected chi connectivity index (χ4v) is 3.41. The van der Waals surface area contributed by atoms with Gasteiger partial charge in [-0.15, -0.1) is 0 Å². The van der Waals surface area contributed by atoms with Gasteiger partial charge in [-0.2, -0.15) is 0 Å². The summed E-state index contributed by atoms with van der Waals surface area (Å²) in [5.41, 5.74) is 1.94. The maximum atomic E-state index is 14.1. The Hall–Kier alpha value is -2.36. The number of hydrogen-bond acceptors (Lipinski definition) is 3. The highest BCUT2D eigenvalue weighted by atomic mass is 19.1. The van der Waals surface area contributed by atoms with Crippen molar-refractivity contribution in [2.24, 2.45) is 4.99 Å². The van der Waals surface area contributed by atoms with E-state index < -0.39 is 0 Å². The van der Waals surface area contributed by atoms with E-state index >= 15 is 0 Å². The van der Waals surface area contributed by atoms with Crippen LogP contribution in [0.5, 0.6) is 0 Å². The van der Waals surface area contributed by atoms with Crippen LogP contribution in [0.15, 0.2) is 59.6 Å². The van der Waals surface area contributed by atoms with E-state index in [1.807, 2.05) is 23.1 Å². The number of benzene rings is 2. The van der Waals surface area contributed by atoms with Crippen LogP contribution in [0.1, 0.15) is 18.0 Å². The minimum absolute atomic E-state index is 0.185. The van der Waals surface area contributed by atoms with E-state index in [1.54, 1.807) is 6.07 Å². The number of anilines is 1. The van der Waals surface area contributed by atoms with Crippen molar-refractivity contribution in [2.45, 2.75) is 12.5 Å². The molecule has 1 unspecified atom stereocenters. The van der Waals surface area contributed by atoms with Crippen molar-refractivity contribution < 1.29 is 4.39 Å². The average Bonchev–Trinajstić information content (AvgIpc) is 3.05. The molecule has 0 bridgehead atoms. The number of rotatable bonds is 2. The third-order valence-corrected chi connectivity index (χ3v) is 4.42. The Morgan fingerprint density at radius 2 is 1.73 bits per heavy atom. The van der Waals surface area contributed by atoms with Gasteiger partial charge in [0, 0.05) is 13.1 Å². The zero-order valence-corrected chi connectivity index (χ0v) is 12.3. The molecule has 3 nitrogen and oxygen atoms in total.